The lowest BCUT2D eigenvalue weighted by Crippen LogP contribution is -2.57. The molecule has 3 aliphatic rings. The third-order valence-corrected chi connectivity index (χ3v) is 5.97. The van der Waals surface area contributed by atoms with Gasteiger partial charge in [-0.25, -0.2) is 0 Å². The molecule has 0 aromatic heterocycles. The highest BCUT2D eigenvalue weighted by atomic mass is 16.5. The molecular weight excluding hydrogens is 316 g/mol. The quantitative estimate of drug-likeness (QED) is 0.768. The topological polar surface area (TPSA) is 49.9 Å². The van der Waals surface area contributed by atoms with Crippen LogP contribution in [0.1, 0.15) is 72.6 Å². The smallest absolute Gasteiger partial charge is 0.247 e. The predicted molar refractivity (Wildman–Crippen MR) is 96.8 cm³/mol. The van der Waals surface area contributed by atoms with E-state index >= 15 is 0 Å². The minimum absolute atomic E-state index is 0.0806. The lowest BCUT2D eigenvalue weighted by molar-refractivity contribution is -0.164. The normalized spacial score (nSPS) is 33.3. The molecular formula is C20H34N2O3. The van der Waals surface area contributed by atoms with Gasteiger partial charge in [-0.15, -0.1) is 0 Å². The Hall–Kier alpha value is -1.10. The van der Waals surface area contributed by atoms with Crippen LogP contribution in [0.4, 0.5) is 0 Å². The molecule has 2 heterocycles. The number of ether oxygens (including phenoxy) is 1. The average Bonchev–Trinajstić information content (AvgIpc) is 3.16. The van der Waals surface area contributed by atoms with E-state index in [4.69, 9.17) is 4.74 Å². The van der Waals surface area contributed by atoms with E-state index in [-0.39, 0.29) is 17.2 Å². The monoisotopic (exact) mass is 350 g/mol. The number of hydrogen-bond acceptors (Lipinski definition) is 3. The summed E-state index contributed by atoms with van der Waals surface area (Å²) in [5, 5.41) is 0. The summed E-state index contributed by atoms with van der Waals surface area (Å²) in [4.78, 5) is 30.1. The SMILES string of the molecule is CC1CCC2(CC1)OC[C@H](C(=O)N1CCCC1)N2C(=O)CC(C)(C)C. The van der Waals surface area contributed by atoms with Gasteiger partial charge in [0.25, 0.3) is 0 Å². The Morgan fingerprint density at radius 3 is 2.28 bits per heavy atom. The zero-order valence-electron chi connectivity index (χ0n) is 16.3. The fraction of sp³-hybridized carbons (Fsp3) is 0.900. The standard InChI is InChI=1S/C20H34N2O3/c1-15-7-9-20(10-8-15)22(17(23)13-19(2,3)4)16(14-25-20)18(24)21-11-5-6-12-21/h15-16H,5-14H2,1-4H3/t15?,16-,20?/m1/s1. The predicted octanol–water partition coefficient (Wildman–Crippen LogP) is 3.18. The van der Waals surface area contributed by atoms with Crippen LogP contribution in [0.15, 0.2) is 0 Å². The summed E-state index contributed by atoms with van der Waals surface area (Å²) in [7, 11) is 0. The highest BCUT2D eigenvalue weighted by Crippen LogP contribution is 2.43. The van der Waals surface area contributed by atoms with Gasteiger partial charge in [-0.05, 0) is 49.9 Å². The van der Waals surface area contributed by atoms with Crippen molar-refractivity contribution in [1.29, 1.82) is 0 Å². The summed E-state index contributed by atoms with van der Waals surface area (Å²) < 4.78 is 6.23. The van der Waals surface area contributed by atoms with E-state index in [1.807, 2.05) is 9.80 Å². The molecule has 0 bridgehead atoms. The van der Waals surface area contributed by atoms with Crippen LogP contribution in [0, 0.1) is 11.3 Å². The van der Waals surface area contributed by atoms with Gasteiger partial charge >= 0.3 is 0 Å². The molecule has 0 N–H and O–H groups in total. The van der Waals surface area contributed by atoms with Crippen molar-refractivity contribution in [3.63, 3.8) is 0 Å². The maximum Gasteiger partial charge on any atom is 0.247 e. The third-order valence-electron chi connectivity index (χ3n) is 5.97. The molecule has 1 atom stereocenters. The first-order valence-electron chi connectivity index (χ1n) is 9.97. The highest BCUT2D eigenvalue weighted by Gasteiger charge is 2.54. The Morgan fingerprint density at radius 1 is 1.12 bits per heavy atom. The number of rotatable bonds is 2. The first-order valence-corrected chi connectivity index (χ1v) is 9.97. The van der Waals surface area contributed by atoms with Crippen LogP contribution >= 0.6 is 0 Å². The number of hydrogen-bond donors (Lipinski definition) is 0. The Balaban J connectivity index is 1.84. The summed E-state index contributed by atoms with van der Waals surface area (Å²) in [6.45, 7) is 10.5. The molecule has 0 aromatic carbocycles. The van der Waals surface area contributed by atoms with E-state index in [1.54, 1.807) is 0 Å². The number of nitrogens with zero attached hydrogens (tertiary/aromatic N) is 2. The molecule has 142 valence electrons. The van der Waals surface area contributed by atoms with Gasteiger partial charge in [-0.3, -0.25) is 14.5 Å². The Labute approximate surface area is 152 Å². The average molecular weight is 351 g/mol. The molecule has 0 aromatic rings. The fourth-order valence-corrected chi connectivity index (χ4v) is 4.53. The molecule has 5 heteroatoms. The van der Waals surface area contributed by atoms with Crippen LogP contribution < -0.4 is 0 Å². The number of carbonyl (C=O) groups is 2. The summed E-state index contributed by atoms with van der Waals surface area (Å²) in [5.41, 5.74) is -0.640. The molecule has 2 amide bonds. The molecule has 0 radical (unpaired) electrons. The first-order chi connectivity index (χ1) is 11.7. The molecule has 0 unspecified atom stereocenters. The lowest BCUT2D eigenvalue weighted by Gasteiger charge is -2.44. The first kappa shape index (κ1) is 18.7. The molecule has 3 fully saturated rings. The van der Waals surface area contributed by atoms with Gasteiger partial charge in [0, 0.05) is 19.5 Å². The Kier molecular flexibility index (Phi) is 5.16. The molecule has 1 aliphatic carbocycles. The van der Waals surface area contributed by atoms with Crippen molar-refractivity contribution in [3.8, 4) is 0 Å². The Morgan fingerprint density at radius 2 is 1.72 bits per heavy atom. The van der Waals surface area contributed by atoms with Crippen molar-refractivity contribution >= 4 is 11.8 Å². The van der Waals surface area contributed by atoms with Crippen molar-refractivity contribution in [2.75, 3.05) is 19.7 Å². The summed E-state index contributed by atoms with van der Waals surface area (Å²) in [5.74, 6) is 0.842. The maximum absolute atomic E-state index is 13.2. The molecule has 5 nitrogen and oxygen atoms in total. The van der Waals surface area contributed by atoms with Crippen LogP contribution in [0.25, 0.3) is 0 Å². The zero-order valence-corrected chi connectivity index (χ0v) is 16.3. The van der Waals surface area contributed by atoms with Crippen LogP contribution in [-0.4, -0.2) is 53.1 Å². The van der Waals surface area contributed by atoms with Crippen LogP contribution in [0.3, 0.4) is 0 Å². The second-order valence-electron chi connectivity index (χ2n) is 9.49. The van der Waals surface area contributed by atoms with Crippen LogP contribution in [-0.2, 0) is 14.3 Å². The van der Waals surface area contributed by atoms with E-state index in [0.29, 0.717) is 18.9 Å². The molecule has 1 saturated carbocycles. The molecule has 25 heavy (non-hydrogen) atoms. The highest BCUT2D eigenvalue weighted by molar-refractivity contribution is 5.89. The van der Waals surface area contributed by atoms with Gasteiger partial charge in [-0.2, -0.15) is 0 Å². The summed E-state index contributed by atoms with van der Waals surface area (Å²) >= 11 is 0. The zero-order chi connectivity index (χ0) is 18.2. The number of likely N-dealkylation sites (tertiary alicyclic amines) is 1. The number of carbonyl (C=O) groups excluding carboxylic acids is 2. The molecule has 2 saturated heterocycles. The van der Waals surface area contributed by atoms with Gasteiger partial charge in [0.1, 0.15) is 11.8 Å². The lowest BCUT2D eigenvalue weighted by atomic mass is 9.82. The van der Waals surface area contributed by atoms with E-state index in [9.17, 15) is 9.59 Å². The minimum Gasteiger partial charge on any atom is -0.353 e. The van der Waals surface area contributed by atoms with Gasteiger partial charge in [0.2, 0.25) is 11.8 Å². The Bertz CT molecular complexity index is 512. The van der Waals surface area contributed by atoms with Crippen molar-refractivity contribution in [2.45, 2.75) is 84.4 Å². The van der Waals surface area contributed by atoms with Gasteiger partial charge in [0.15, 0.2) is 0 Å². The van der Waals surface area contributed by atoms with Crippen molar-refractivity contribution in [3.05, 3.63) is 0 Å². The van der Waals surface area contributed by atoms with Crippen molar-refractivity contribution in [2.24, 2.45) is 11.3 Å². The fourth-order valence-electron chi connectivity index (χ4n) is 4.53. The van der Waals surface area contributed by atoms with Crippen molar-refractivity contribution in [1.82, 2.24) is 9.80 Å². The van der Waals surface area contributed by atoms with Crippen LogP contribution in [0.2, 0.25) is 0 Å². The summed E-state index contributed by atoms with van der Waals surface area (Å²) in [6.07, 6.45) is 6.42. The second kappa shape index (κ2) is 6.90. The summed E-state index contributed by atoms with van der Waals surface area (Å²) in [6, 6.07) is -0.429. The van der Waals surface area contributed by atoms with Gasteiger partial charge in [-0.1, -0.05) is 27.7 Å². The van der Waals surface area contributed by atoms with Gasteiger partial charge in [0.05, 0.1) is 6.61 Å². The largest absolute Gasteiger partial charge is 0.353 e. The minimum atomic E-state index is -0.547. The van der Waals surface area contributed by atoms with E-state index < -0.39 is 11.8 Å². The van der Waals surface area contributed by atoms with E-state index in [1.165, 1.54) is 0 Å². The number of amides is 2. The van der Waals surface area contributed by atoms with Crippen molar-refractivity contribution < 1.29 is 14.3 Å². The second-order valence-corrected chi connectivity index (χ2v) is 9.49. The maximum atomic E-state index is 13.2. The third kappa shape index (κ3) is 3.86. The van der Waals surface area contributed by atoms with E-state index in [0.717, 1.165) is 51.6 Å². The molecule has 1 spiro atoms. The van der Waals surface area contributed by atoms with E-state index in [2.05, 4.69) is 27.7 Å². The molecule has 3 rings (SSSR count). The molecule has 2 aliphatic heterocycles. The van der Waals surface area contributed by atoms with Crippen LogP contribution in [0.5, 0.6) is 0 Å². The van der Waals surface area contributed by atoms with Gasteiger partial charge < -0.3 is 9.64 Å².